The maximum atomic E-state index is 5.41. The number of guanidine groups is 1. The average molecular weight is 410 g/mol. The number of para-hydroxylation sites is 1. The molecule has 162 valence electrons. The molecule has 1 heterocycles. The van der Waals surface area contributed by atoms with E-state index in [2.05, 4.69) is 61.8 Å². The molecule has 0 saturated carbocycles. The Kier molecular flexibility index (Phi) is 9.00. The van der Waals surface area contributed by atoms with Gasteiger partial charge < -0.3 is 20.3 Å². The molecule has 0 amide bonds. The summed E-state index contributed by atoms with van der Waals surface area (Å²) >= 11 is 0. The molecule has 6 nitrogen and oxygen atoms in total. The van der Waals surface area contributed by atoms with Crippen LogP contribution in [0.15, 0.2) is 59.6 Å². The Bertz CT molecular complexity index is 772. The lowest BCUT2D eigenvalue weighted by Crippen LogP contribution is -2.46. The Labute approximate surface area is 180 Å². The summed E-state index contributed by atoms with van der Waals surface area (Å²) in [5.41, 5.74) is 2.53. The topological polar surface area (TPSA) is 52.1 Å². The van der Waals surface area contributed by atoms with Crippen molar-refractivity contribution in [1.82, 2.24) is 20.4 Å². The minimum atomic E-state index is 0.688. The second-order valence-electron chi connectivity index (χ2n) is 7.62. The maximum Gasteiger partial charge on any atom is 0.191 e. The van der Waals surface area contributed by atoms with Crippen LogP contribution >= 0.6 is 0 Å². The fourth-order valence-corrected chi connectivity index (χ4v) is 3.77. The molecule has 1 fully saturated rings. The fraction of sp³-hybridized carbons (Fsp3) is 0.458. The van der Waals surface area contributed by atoms with Crippen LogP contribution in [0.3, 0.4) is 0 Å². The van der Waals surface area contributed by atoms with Crippen LogP contribution in [0.5, 0.6) is 5.75 Å². The third kappa shape index (κ3) is 7.04. The molecule has 0 aliphatic carbocycles. The number of aliphatic imine (C=N–C) groups is 1. The van der Waals surface area contributed by atoms with Crippen LogP contribution in [-0.2, 0) is 13.1 Å². The lowest BCUT2D eigenvalue weighted by Gasteiger charge is -2.34. The molecule has 0 bridgehead atoms. The Morgan fingerprint density at radius 2 is 1.63 bits per heavy atom. The van der Waals surface area contributed by atoms with Crippen LogP contribution in [0.4, 0.5) is 0 Å². The quantitative estimate of drug-likeness (QED) is 0.379. The lowest BCUT2D eigenvalue weighted by molar-refractivity contribution is 0.126. The van der Waals surface area contributed by atoms with Crippen molar-refractivity contribution in [2.24, 2.45) is 4.99 Å². The van der Waals surface area contributed by atoms with E-state index in [-0.39, 0.29) is 0 Å². The number of piperazine rings is 1. The van der Waals surface area contributed by atoms with Crippen LogP contribution in [-0.4, -0.2) is 69.2 Å². The zero-order valence-corrected chi connectivity index (χ0v) is 18.3. The SMILES string of the molecule is CN=C(NCCCN1CCN(Cc2ccccc2)CC1)NCc1ccccc1OC. The second-order valence-corrected chi connectivity index (χ2v) is 7.62. The Hall–Kier alpha value is -2.57. The van der Waals surface area contributed by atoms with Crippen molar-refractivity contribution >= 4 is 5.96 Å². The van der Waals surface area contributed by atoms with E-state index < -0.39 is 0 Å². The third-order valence-corrected chi connectivity index (χ3v) is 5.52. The second kappa shape index (κ2) is 12.2. The zero-order valence-electron chi connectivity index (χ0n) is 18.3. The molecular weight excluding hydrogens is 374 g/mol. The first-order valence-corrected chi connectivity index (χ1v) is 10.8. The molecule has 1 aliphatic heterocycles. The summed E-state index contributed by atoms with van der Waals surface area (Å²) in [7, 11) is 3.51. The predicted molar refractivity (Wildman–Crippen MR) is 124 cm³/mol. The largest absolute Gasteiger partial charge is 0.496 e. The van der Waals surface area contributed by atoms with E-state index in [0.29, 0.717) is 6.54 Å². The third-order valence-electron chi connectivity index (χ3n) is 5.52. The van der Waals surface area contributed by atoms with E-state index in [4.69, 9.17) is 4.74 Å². The first kappa shape index (κ1) is 22.1. The van der Waals surface area contributed by atoms with Gasteiger partial charge in [0.2, 0.25) is 0 Å². The van der Waals surface area contributed by atoms with E-state index in [9.17, 15) is 0 Å². The molecule has 0 unspecified atom stereocenters. The van der Waals surface area contributed by atoms with Crippen molar-refractivity contribution in [2.75, 3.05) is 53.4 Å². The minimum absolute atomic E-state index is 0.688. The van der Waals surface area contributed by atoms with Crippen LogP contribution < -0.4 is 15.4 Å². The zero-order chi connectivity index (χ0) is 21.0. The highest BCUT2D eigenvalue weighted by Gasteiger charge is 2.16. The van der Waals surface area contributed by atoms with Gasteiger partial charge in [0.05, 0.1) is 7.11 Å². The molecule has 2 aromatic carbocycles. The van der Waals surface area contributed by atoms with Gasteiger partial charge in [0.1, 0.15) is 5.75 Å². The van der Waals surface area contributed by atoms with Gasteiger partial charge in [0, 0.05) is 58.4 Å². The Morgan fingerprint density at radius 3 is 2.37 bits per heavy atom. The molecule has 6 heteroatoms. The van der Waals surface area contributed by atoms with Gasteiger partial charge >= 0.3 is 0 Å². The minimum Gasteiger partial charge on any atom is -0.496 e. The normalized spacial score (nSPS) is 15.7. The predicted octanol–water partition coefficient (Wildman–Crippen LogP) is 2.57. The van der Waals surface area contributed by atoms with E-state index >= 15 is 0 Å². The molecule has 0 radical (unpaired) electrons. The van der Waals surface area contributed by atoms with Gasteiger partial charge in [-0.05, 0) is 24.6 Å². The van der Waals surface area contributed by atoms with Crippen LogP contribution in [0, 0.1) is 0 Å². The fourth-order valence-electron chi connectivity index (χ4n) is 3.77. The van der Waals surface area contributed by atoms with Crippen molar-refractivity contribution in [3.8, 4) is 5.75 Å². The highest BCUT2D eigenvalue weighted by atomic mass is 16.5. The number of hydrogen-bond donors (Lipinski definition) is 2. The van der Waals surface area contributed by atoms with Crippen molar-refractivity contribution in [3.63, 3.8) is 0 Å². The number of nitrogens with zero attached hydrogens (tertiary/aromatic N) is 3. The summed E-state index contributed by atoms with van der Waals surface area (Å²) in [6.07, 6.45) is 1.11. The van der Waals surface area contributed by atoms with Crippen molar-refractivity contribution in [1.29, 1.82) is 0 Å². The summed E-state index contributed by atoms with van der Waals surface area (Å²) in [5, 5.41) is 6.79. The summed E-state index contributed by atoms with van der Waals surface area (Å²) in [6.45, 7) is 8.36. The summed E-state index contributed by atoms with van der Waals surface area (Å²) in [6, 6.07) is 18.8. The van der Waals surface area contributed by atoms with Crippen LogP contribution in [0.1, 0.15) is 17.5 Å². The van der Waals surface area contributed by atoms with E-state index in [1.807, 2.05) is 25.2 Å². The van der Waals surface area contributed by atoms with Gasteiger partial charge in [0.25, 0.3) is 0 Å². The average Bonchev–Trinajstić information content (AvgIpc) is 2.80. The monoisotopic (exact) mass is 409 g/mol. The smallest absolute Gasteiger partial charge is 0.191 e. The Balaban J connectivity index is 1.30. The first-order valence-electron chi connectivity index (χ1n) is 10.8. The van der Waals surface area contributed by atoms with Gasteiger partial charge in [-0.1, -0.05) is 48.5 Å². The van der Waals surface area contributed by atoms with Gasteiger partial charge in [0.15, 0.2) is 5.96 Å². The molecule has 0 atom stereocenters. The van der Waals surface area contributed by atoms with Crippen molar-refractivity contribution in [2.45, 2.75) is 19.5 Å². The molecule has 1 saturated heterocycles. The highest BCUT2D eigenvalue weighted by Crippen LogP contribution is 2.16. The molecule has 30 heavy (non-hydrogen) atoms. The van der Waals surface area contributed by atoms with Gasteiger partial charge in [-0.15, -0.1) is 0 Å². The molecule has 2 aromatic rings. The van der Waals surface area contributed by atoms with Gasteiger partial charge in [-0.25, -0.2) is 0 Å². The molecule has 0 spiro atoms. The number of ether oxygens (including phenoxy) is 1. The van der Waals surface area contributed by atoms with Gasteiger partial charge in [-0.3, -0.25) is 9.89 Å². The number of rotatable bonds is 9. The summed E-state index contributed by atoms with van der Waals surface area (Å²) in [4.78, 5) is 9.44. The standard InChI is InChI=1S/C24H35N5O/c1-25-24(27-19-22-11-6-7-12-23(22)30-2)26-13-8-14-28-15-17-29(18-16-28)20-21-9-4-3-5-10-21/h3-7,9-12H,8,13-20H2,1-2H3,(H2,25,26,27). The number of methoxy groups -OCH3 is 1. The van der Waals surface area contributed by atoms with E-state index in [1.54, 1.807) is 7.11 Å². The van der Waals surface area contributed by atoms with E-state index in [1.165, 1.54) is 5.56 Å². The first-order chi connectivity index (χ1) is 14.8. The number of nitrogens with one attached hydrogen (secondary N) is 2. The van der Waals surface area contributed by atoms with Crippen molar-refractivity contribution < 1.29 is 4.74 Å². The molecule has 3 rings (SSSR count). The molecule has 0 aromatic heterocycles. The Morgan fingerprint density at radius 1 is 0.933 bits per heavy atom. The van der Waals surface area contributed by atoms with Crippen LogP contribution in [0.25, 0.3) is 0 Å². The molecular formula is C24H35N5O. The van der Waals surface area contributed by atoms with E-state index in [0.717, 1.165) is 69.5 Å². The molecule has 1 aliphatic rings. The molecule has 2 N–H and O–H groups in total. The summed E-state index contributed by atoms with van der Waals surface area (Å²) in [5.74, 6) is 1.72. The van der Waals surface area contributed by atoms with Gasteiger partial charge in [-0.2, -0.15) is 0 Å². The summed E-state index contributed by atoms with van der Waals surface area (Å²) < 4.78 is 5.41. The lowest BCUT2D eigenvalue weighted by atomic mass is 10.2. The van der Waals surface area contributed by atoms with Crippen molar-refractivity contribution in [3.05, 3.63) is 65.7 Å². The maximum absolute atomic E-state index is 5.41. The van der Waals surface area contributed by atoms with Crippen LogP contribution in [0.2, 0.25) is 0 Å². The number of hydrogen-bond acceptors (Lipinski definition) is 4. The highest BCUT2D eigenvalue weighted by molar-refractivity contribution is 5.79. The number of benzene rings is 2.